The lowest BCUT2D eigenvalue weighted by Gasteiger charge is -2.33. The first-order chi connectivity index (χ1) is 10.7. The lowest BCUT2D eigenvalue weighted by molar-refractivity contribution is -0.151. The molecule has 2 rings (SSSR count). The van der Waals surface area contributed by atoms with Crippen LogP contribution in [0.3, 0.4) is 0 Å². The summed E-state index contributed by atoms with van der Waals surface area (Å²) in [5.74, 6) is -1.51. The van der Waals surface area contributed by atoms with Gasteiger partial charge in [0.15, 0.2) is 5.69 Å². The van der Waals surface area contributed by atoms with E-state index in [0.29, 0.717) is 12.8 Å². The fourth-order valence-corrected chi connectivity index (χ4v) is 2.77. The van der Waals surface area contributed by atoms with E-state index in [-0.39, 0.29) is 13.1 Å². The molecule has 9 heteroatoms. The third-order valence-electron chi connectivity index (χ3n) is 4.12. The van der Waals surface area contributed by atoms with Gasteiger partial charge >= 0.3 is 12.1 Å². The van der Waals surface area contributed by atoms with E-state index in [1.165, 1.54) is 0 Å². The number of aromatic nitrogens is 2. The number of carbonyl (C=O) groups is 2. The zero-order valence-corrected chi connectivity index (χ0v) is 12.4. The Balaban J connectivity index is 1.91. The zero-order chi connectivity index (χ0) is 17.1. The Bertz CT molecular complexity index is 577. The number of nitrogens with one attached hydrogen (secondary N) is 1. The standard InChI is InChI=1S/C14H18F3N3O3/c15-14(16,17)10-4-7-20(19-10)8-11(21)18-9-13(12(22)23)5-2-1-3-6-13/h4,7H,1-3,5-6,8-9H2,(H,18,21)(H,22,23). The normalized spacial score (nSPS) is 17.7. The van der Waals surface area contributed by atoms with Crippen LogP contribution in [-0.4, -0.2) is 33.3 Å². The van der Waals surface area contributed by atoms with Crippen molar-refractivity contribution >= 4 is 11.9 Å². The second-order valence-electron chi connectivity index (χ2n) is 5.82. The summed E-state index contributed by atoms with van der Waals surface area (Å²) in [6, 6.07) is 0.785. The average molecular weight is 333 g/mol. The number of alkyl halides is 3. The molecule has 2 N–H and O–H groups in total. The number of rotatable bonds is 5. The third-order valence-corrected chi connectivity index (χ3v) is 4.12. The van der Waals surface area contributed by atoms with E-state index in [4.69, 9.17) is 0 Å². The van der Waals surface area contributed by atoms with Gasteiger partial charge in [-0.25, -0.2) is 0 Å². The molecular weight excluding hydrogens is 315 g/mol. The maximum absolute atomic E-state index is 12.4. The van der Waals surface area contributed by atoms with Gasteiger partial charge in [-0.1, -0.05) is 19.3 Å². The number of aliphatic carboxylic acids is 1. The predicted octanol–water partition coefficient (Wildman–Crippen LogP) is 2.05. The SMILES string of the molecule is O=C(Cn1ccc(C(F)(F)F)n1)NCC1(C(=O)O)CCCCC1. The van der Waals surface area contributed by atoms with Crippen LogP contribution >= 0.6 is 0 Å². The highest BCUT2D eigenvalue weighted by Crippen LogP contribution is 2.36. The number of nitrogens with zero attached hydrogens (tertiary/aromatic N) is 2. The van der Waals surface area contributed by atoms with Crippen LogP contribution in [0.4, 0.5) is 13.2 Å². The average Bonchev–Trinajstić information content (AvgIpc) is 2.94. The minimum Gasteiger partial charge on any atom is -0.481 e. The molecule has 128 valence electrons. The number of halogens is 3. The Morgan fingerprint density at radius 1 is 1.30 bits per heavy atom. The molecule has 0 radical (unpaired) electrons. The van der Waals surface area contributed by atoms with Crippen molar-refractivity contribution in [1.29, 1.82) is 0 Å². The van der Waals surface area contributed by atoms with E-state index in [0.717, 1.165) is 36.2 Å². The molecule has 1 aliphatic rings. The van der Waals surface area contributed by atoms with Crippen molar-refractivity contribution in [3.05, 3.63) is 18.0 Å². The molecule has 1 aliphatic carbocycles. The molecule has 1 heterocycles. The van der Waals surface area contributed by atoms with Crippen LogP contribution in [0.15, 0.2) is 12.3 Å². The van der Waals surface area contributed by atoms with Crippen LogP contribution < -0.4 is 5.32 Å². The Labute approximate surface area is 130 Å². The van der Waals surface area contributed by atoms with Crippen LogP contribution in [0.2, 0.25) is 0 Å². The van der Waals surface area contributed by atoms with E-state index < -0.39 is 29.2 Å². The summed E-state index contributed by atoms with van der Waals surface area (Å²) in [5, 5.41) is 15.2. The van der Waals surface area contributed by atoms with Crippen LogP contribution in [0, 0.1) is 5.41 Å². The smallest absolute Gasteiger partial charge is 0.435 e. The van der Waals surface area contributed by atoms with Gasteiger partial charge in [0.05, 0.1) is 5.41 Å². The Morgan fingerprint density at radius 3 is 2.48 bits per heavy atom. The maximum Gasteiger partial charge on any atom is 0.435 e. The van der Waals surface area contributed by atoms with Crippen LogP contribution in [0.1, 0.15) is 37.8 Å². The van der Waals surface area contributed by atoms with Gasteiger partial charge in [-0.15, -0.1) is 0 Å². The molecule has 0 unspecified atom stereocenters. The van der Waals surface area contributed by atoms with Gasteiger partial charge in [0.25, 0.3) is 0 Å². The van der Waals surface area contributed by atoms with Crippen molar-refractivity contribution in [2.24, 2.45) is 5.41 Å². The molecule has 0 bridgehead atoms. The quantitative estimate of drug-likeness (QED) is 0.864. The first-order valence-electron chi connectivity index (χ1n) is 7.34. The number of hydrogen-bond donors (Lipinski definition) is 2. The third kappa shape index (κ3) is 4.23. The molecule has 23 heavy (non-hydrogen) atoms. The number of carboxylic acids is 1. The van der Waals surface area contributed by atoms with E-state index >= 15 is 0 Å². The lowest BCUT2D eigenvalue weighted by Crippen LogP contribution is -2.45. The first kappa shape index (κ1) is 17.3. The number of carbonyl (C=O) groups excluding carboxylic acids is 1. The molecule has 1 saturated carbocycles. The minimum atomic E-state index is -4.56. The van der Waals surface area contributed by atoms with Crippen LogP contribution in [0.25, 0.3) is 0 Å². The largest absolute Gasteiger partial charge is 0.481 e. The molecule has 0 aliphatic heterocycles. The summed E-state index contributed by atoms with van der Waals surface area (Å²) in [5.41, 5.74) is -2.05. The number of amides is 1. The maximum atomic E-state index is 12.4. The highest BCUT2D eigenvalue weighted by molar-refractivity contribution is 5.79. The summed E-state index contributed by atoms with van der Waals surface area (Å²) in [6.07, 6.45) is 0.0292. The van der Waals surface area contributed by atoms with Gasteiger partial charge in [-0.05, 0) is 18.9 Å². The molecule has 1 fully saturated rings. The molecule has 0 atom stereocenters. The van der Waals surface area contributed by atoms with Gasteiger partial charge in [0.2, 0.25) is 5.91 Å². The van der Waals surface area contributed by atoms with E-state index in [2.05, 4.69) is 10.4 Å². The molecule has 0 aromatic carbocycles. The van der Waals surface area contributed by atoms with Crippen molar-refractivity contribution in [1.82, 2.24) is 15.1 Å². The number of hydrogen-bond acceptors (Lipinski definition) is 3. The van der Waals surface area contributed by atoms with E-state index in [9.17, 15) is 27.9 Å². The Kier molecular flexibility index (Phi) is 4.96. The monoisotopic (exact) mass is 333 g/mol. The lowest BCUT2D eigenvalue weighted by atomic mass is 9.74. The molecular formula is C14H18F3N3O3. The molecule has 1 amide bonds. The topological polar surface area (TPSA) is 84.2 Å². The van der Waals surface area contributed by atoms with Gasteiger partial charge in [0.1, 0.15) is 6.54 Å². The van der Waals surface area contributed by atoms with Crippen LogP contribution in [-0.2, 0) is 22.3 Å². The second-order valence-corrected chi connectivity index (χ2v) is 5.82. The van der Waals surface area contributed by atoms with Crippen molar-refractivity contribution in [2.45, 2.75) is 44.8 Å². The highest BCUT2D eigenvalue weighted by Gasteiger charge is 2.39. The van der Waals surface area contributed by atoms with Crippen molar-refractivity contribution < 1.29 is 27.9 Å². The van der Waals surface area contributed by atoms with Crippen LogP contribution in [0.5, 0.6) is 0 Å². The fraction of sp³-hybridized carbons (Fsp3) is 0.643. The molecule has 1 aromatic rings. The summed E-state index contributed by atoms with van der Waals surface area (Å²) < 4.78 is 38.2. The molecule has 0 spiro atoms. The van der Waals surface area contributed by atoms with Gasteiger partial charge < -0.3 is 10.4 Å². The Morgan fingerprint density at radius 2 is 1.96 bits per heavy atom. The van der Waals surface area contributed by atoms with Gasteiger partial charge in [0, 0.05) is 12.7 Å². The van der Waals surface area contributed by atoms with E-state index in [1.54, 1.807) is 0 Å². The fourth-order valence-electron chi connectivity index (χ4n) is 2.77. The highest BCUT2D eigenvalue weighted by atomic mass is 19.4. The zero-order valence-electron chi connectivity index (χ0n) is 12.4. The second kappa shape index (κ2) is 6.59. The Hall–Kier alpha value is -2.06. The van der Waals surface area contributed by atoms with Gasteiger partial charge in [-0.3, -0.25) is 14.3 Å². The summed E-state index contributed by atoms with van der Waals surface area (Å²) in [6.45, 7) is -0.402. The molecule has 0 saturated heterocycles. The molecule has 1 aromatic heterocycles. The number of carboxylic acid groups (broad SMARTS) is 1. The van der Waals surface area contributed by atoms with E-state index in [1.807, 2.05) is 0 Å². The minimum absolute atomic E-state index is 0.0193. The van der Waals surface area contributed by atoms with Crippen molar-refractivity contribution in [2.75, 3.05) is 6.54 Å². The molecule has 6 nitrogen and oxygen atoms in total. The summed E-state index contributed by atoms with van der Waals surface area (Å²) in [7, 11) is 0. The summed E-state index contributed by atoms with van der Waals surface area (Å²) >= 11 is 0. The van der Waals surface area contributed by atoms with Crippen molar-refractivity contribution in [3.8, 4) is 0 Å². The van der Waals surface area contributed by atoms with Gasteiger partial charge in [-0.2, -0.15) is 18.3 Å². The summed E-state index contributed by atoms with van der Waals surface area (Å²) in [4.78, 5) is 23.3. The predicted molar refractivity (Wildman–Crippen MR) is 73.4 cm³/mol. The van der Waals surface area contributed by atoms with Crippen molar-refractivity contribution in [3.63, 3.8) is 0 Å². The first-order valence-corrected chi connectivity index (χ1v) is 7.34.